The van der Waals surface area contributed by atoms with Crippen LogP contribution in [0.25, 0.3) is 0 Å². The molecule has 1 aliphatic rings. The zero-order chi connectivity index (χ0) is 11.8. The average molecular weight is 222 g/mol. The van der Waals surface area contributed by atoms with Crippen LogP contribution in [0.2, 0.25) is 0 Å². The minimum absolute atomic E-state index is 0.279. The van der Waals surface area contributed by atoms with E-state index in [4.69, 9.17) is 5.73 Å². The molecule has 0 unspecified atom stereocenters. The van der Waals surface area contributed by atoms with Crippen LogP contribution >= 0.6 is 0 Å². The van der Waals surface area contributed by atoms with Gasteiger partial charge in [0.25, 0.3) is 0 Å². The first-order valence-electron chi connectivity index (χ1n) is 5.51. The molecule has 2 rings (SSSR count). The maximum absolute atomic E-state index is 11.3. The van der Waals surface area contributed by atoms with Crippen molar-refractivity contribution in [1.29, 1.82) is 0 Å². The predicted octanol–water partition coefficient (Wildman–Crippen LogP) is 0.0814. The summed E-state index contributed by atoms with van der Waals surface area (Å²) in [4.78, 5) is 15.4. The first-order chi connectivity index (χ1) is 7.50. The Morgan fingerprint density at radius 3 is 2.88 bits per heavy atom. The van der Waals surface area contributed by atoms with Crippen LogP contribution in [0.1, 0.15) is 25.5 Å². The van der Waals surface area contributed by atoms with Gasteiger partial charge in [-0.05, 0) is 13.8 Å². The summed E-state index contributed by atoms with van der Waals surface area (Å²) >= 11 is 0. The molecule has 1 saturated heterocycles. The number of nitrogens with one attached hydrogen (secondary N) is 1. The van der Waals surface area contributed by atoms with Crippen LogP contribution in [0.3, 0.4) is 0 Å². The van der Waals surface area contributed by atoms with Gasteiger partial charge in [0.05, 0.1) is 11.7 Å². The molecular weight excluding hydrogens is 204 g/mol. The molecule has 0 saturated carbocycles. The van der Waals surface area contributed by atoms with E-state index in [2.05, 4.69) is 10.3 Å². The van der Waals surface area contributed by atoms with E-state index >= 15 is 0 Å². The van der Waals surface area contributed by atoms with Crippen LogP contribution in [0, 0.1) is 5.41 Å². The van der Waals surface area contributed by atoms with Crippen LogP contribution in [-0.2, 0) is 11.3 Å². The number of hydrogen-bond acceptors (Lipinski definition) is 3. The molecule has 0 atom stereocenters. The highest BCUT2D eigenvalue weighted by Crippen LogP contribution is 2.23. The zero-order valence-corrected chi connectivity index (χ0v) is 9.73. The molecule has 0 aromatic carbocycles. The van der Waals surface area contributed by atoms with Gasteiger partial charge in [0.1, 0.15) is 0 Å². The Morgan fingerprint density at radius 2 is 2.38 bits per heavy atom. The highest BCUT2D eigenvalue weighted by atomic mass is 16.1. The Balaban J connectivity index is 2.15. The van der Waals surface area contributed by atoms with Gasteiger partial charge >= 0.3 is 0 Å². The van der Waals surface area contributed by atoms with Gasteiger partial charge in [-0.2, -0.15) is 0 Å². The first-order valence-corrected chi connectivity index (χ1v) is 5.51. The van der Waals surface area contributed by atoms with Gasteiger partial charge < -0.3 is 15.6 Å². The van der Waals surface area contributed by atoms with E-state index in [9.17, 15) is 4.79 Å². The van der Waals surface area contributed by atoms with Crippen molar-refractivity contribution in [3.63, 3.8) is 0 Å². The lowest BCUT2D eigenvalue weighted by molar-refractivity contribution is -0.126. The monoisotopic (exact) mass is 222 g/mol. The minimum Gasteiger partial charge on any atom is -0.369 e. The summed E-state index contributed by atoms with van der Waals surface area (Å²) in [5.74, 6) is 0.241. The smallest absolute Gasteiger partial charge is 0.224 e. The number of hydrogen-bond donors (Lipinski definition) is 2. The van der Waals surface area contributed by atoms with Gasteiger partial charge in [0.2, 0.25) is 5.91 Å². The van der Waals surface area contributed by atoms with Gasteiger partial charge in [-0.25, -0.2) is 4.98 Å². The number of nitrogens with two attached hydrogens (primary N) is 1. The molecule has 0 spiro atoms. The zero-order valence-electron chi connectivity index (χ0n) is 9.73. The molecule has 2 heterocycles. The Hall–Kier alpha value is -1.36. The molecule has 1 aromatic rings. The molecule has 0 aliphatic carbocycles. The van der Waals surface area contributed by atoms with Crippen molar-refractivity contribution in [2.75, 3.05) is 13.1 Å². The third-order valence-electron chi connectivity index (χ3n) is 3.18. The minimum atomic E-state index is -0.535. The number of aromatic nitrogens is 2. The highest BCUT2D eigenvalue weighted by Gasteiger charge is 2.29. The summed E-state index contributed by atoms with van der Waals surface area (Å²) in [6.07, 6.45) is 3.65. The maximum Gasteiger partial charge on any atom is 0.224 e. The lowest BCUT2D eigenvalue weighted by atomic mass is 9.91. The van der Waals surface area contributed by atoms with Crippen molar-refractivity contribution < 1.29 is 4.79 Å². The number of nitrogens with zero attached hydrogens (tertiary/aromatic N) is 2. The van der Waals surface area contributed by atoms with Crippen LogP contribution in [0.5, 0.6) is 0 Å². The maximum atomic E-state index is 11.3. The van der Waals surface area contributed by atoms with Crippen molar-refractivity contribution in [2.24, 2.45) is 11.1 Å². The molecule has 88 valence electrons. The molecule has 3 N–H and O–H groups in total. The summed E-state index contributed by atoms with van der Waals surface area (Å²) in [5, 5.41) is 3.23. The van der Waals surface area contributed by atoms with E-state index < -0.39 is 5.41 Å². The van der Waals surface area contributed by atoms with Gasteiger partial charge in [0.15, 0.2) is 0 Å². The summed E-state index contributed by atoms with van der Waals surface area (Å²) in [6, 6.07) is 0. The lowest BCUT2D eigenvalue weighted by Gasteiger charge is -2.30. The molecule has 0 radical (unpaired) electrons. The summed E-state index contributed by atoms with van der Waals surface area (Å²) in [6.45, 7) is 6.29. The number of rotatable bonds is 4. The fourth-order valence-electron chi connectivity index (χ4n) is 1.80. The third kappa shape index (κ3) is 1.95. The van der Waals surface area contributed by atoms with Crippen molar-refractivity contribution in [3.8, 4) is 0 Å². The molecule has 1 amide bonds. The first kappa shape index (κ1) is 11.1. The molecule has 1 aromatic heterocycles. The molecular formula is C11H18N4O. The van der Waals surface area contributed by atoms with Gasteiger partial charge in [0, 0.05) is 37.4 Å². The molecule has 5 nitrogen and oxygen atoms in total. The van der Waals surface area contributed by atoms with E-state index in [1.54, 1.807) is 6.33 Å². The lowest BCUT2D eigenvalue weighted by Crippen LogP contribution is -2.42. The summed E-state index contributed by atoms with van der Waals surface area (Å²) in [5.41, 5.74) is 6.03. The second-order valence-electron chi connectivity index (χ2n) is 5.05. The molecule has 16 heavy (non-hydrogen) atoms. The number of amides is 1. The van der Waals surface area contributed by atoms with Crippen molar-refractivity contribution >= 4 is 5.91 Å². The van der Waals surface area contributed by atoms with Crippen LogP contribution in [0.15, 0.2) is 12.5 Å². The largest absolute Gasteiger partial charge is 0.369 e. The Bertz CT molecular complexity index is 392. The summed E-state index contributed by atoms with van der Waals surface area (Å²) in [7, 11) is 0. The van der Waals surface area contributed by atoms with E-state index in [1.165, 1.54) is 5.69 Å². The predicted molar refractivity (Wildman–Crippen MR) is 60.8 cm³/mol. The Kier molecular flexibility index (Phi) is 2.71. The SMILES string of the molecule is CC(C)(Cn1cncc1C1CNC1)C(N)=O. The van der Waals surface area contributed by atoms with Crippen molar-refractivity contribution in [2.45, 2.75) is 26.3 Å². The average Bonchev–Trinajstić information content (AvgIpc) is 2.49. The van der Waals surface area contributed by atoms with Crippen molar-refractivity contribution in [3.05, 3.63) is 18.2 Å². The fraction of sp³-hybridized carbons (Fsp3) is 0.636. The van der Waals surface area contributed by atoms with E-state index in [0.29, 0.717) is 12.5 Å². The van der Waals surface area contributed by atoms with Crippen LogP contribution in [0.4, 0.5) is 0 Å². The van der Waals surface area contributed by atoms with Gasteiger partial charge in [-0.1, -0.05) is 0 Å². The standard InChI is InChI=1S/C11H18N4O/c1-11(2,10(12)16)6-15-7-14-5-9(15)8-3-13-4-8/h5,7-8,13H,3-4,6H2,1-2H3,(H2,12,16). The highest BCUT2D eigenvalue weighted by molar-refractivity contribution is 5.79. The normalized spacial score (nSPS) is 17.1. The van der Waals surface area contributed by atoms with E-state index in [-0.39, 0.29) is 5.91 Å². The number of imidazole rings is 1. The summed E-state index contributed by atoms with van der Waals surface area (Å²) < 4.78 is 2.04. The second-order valence-corrected chi connectivity index (χ2v) is 5.05. The molecule has 0 bridgehead atoms. The molecule has 1 aliphatic heterocycles. The van der Waals surface area contributed by atoms with E-state index in [0.717, 1.165) is 13.1 Å². The van der Waals surface area contributed by atoms with Crippen molar-refractivity contribution in [1.82, 2.24) is 14.9 Å². The van der Waals surface area contributed by atoms with Gasteiger partial charge in [-0.15, -0.1) is 0 Å². The quantitative estimate of drug-likeness (QED) is 0.758. The van der Waals surface area contributed by atoms with E-state index in [1.807, 2.05) is 24.6 Å². The number of primary amides is 1. The van der Waals surface area contributed by atoms with Crippen LogP contribution < -0.4 is 11.1 Å². The second kappa shape index (κ2) is 3.90. The Labute approximate surface area is 95.0 Å². The number of carbonyl (C=O) groups is 1. The topological polar surface area (TPSA) is 72.9 Å². The van der Waals surface area contributed by atoms with Crippen LogP contribution in [-0.4, -0.2) is 28.5 Å². The molecule has 5 heteroatoms. The Morgan fingerprint density at radius 1 is 1.69 bits per heavy atom. The fourth-order valence-corrected chi connectivity index (χ4v) is 1.80. The molecule has 1 fully saturated rings. The number of carbonyl (C=O) groups excluding carboxylic acids is 1. The van der Waals surface area contributed by atoms with Gasteiger partial charge in [-0.3, -0.25) is 4.79 Å². The third-order valence-corrected chi connectivity index (χ3v) is 3.18.